The third-order valence-corrected chi connectivity index (χ3v) is 3.55. The van der Waals surface area contributed by atoms with E-state index in [1.54, 1.807) is 12.1 Å². The number of benzene rings is 1. The number of carbonyl (C=O) groups is 1. The smallest absolute Gasteiger partial charge is 0.433 e. The molecule has 0 aliphatic heterocycles. The number of nitrogens with zero attached hydrogens (tertiary/aromatic N) is 2. The maximum absolute atomic E-state index is 12.8. The van der Waals surface area contributed by atoms with Crippen molar-refractivity contribution < 1.29 is 22.7 Å². The van der Waals surface area contributed by atoms with Crippen molar-refractivity contribution in [2.24, 2.45) is 0 Å². The van der Waals surface area contributed by atoms with Crippen molar-refractivity contribution in [1.82, 2.24) is 9.55 Å². The normalized spacial score (nSPS) is 11.3. The van der Waals surface area contributed by atoms with Crippen molar-refractivity contribution in [3.8, 4) is 5.69 Å². The zero-order valence-corrected chi connectivity index (χ0v) is 12.9. The molecule has 1 aromatic carbocycles. The Balaban J connectivity index is 2.75. The van der Waals surface area contributed by atoms with Gasteiger partial charge in [0, 0.05) is 6.07 Å². The Morgan fingerprint density at radius 3 is 2.52 bits per heavy atom. The molecule has 0 aliphatic carbocycles. The largest absolute Gasteiger partial charge is 0.465 e. The highest BCUT2D eigenvalue weighted by Crippen LogP contribution is 2.29. The lowest BCUT2D eigenvalue weighted by Gasteiger charge is -2.15. The summed E-state index contributed by atoms with van der Waals surface area (Å²) in [6, 6.07) is 6.35. The molecule has 1 heterocycles. The highest BCUT2D eigenvalue weighted by molar-refractivity contribution is 7.98. The molecule has 122 valence electrons. The van der Waals surface area contributed by atoms with Gasteiger partial charge < -0.3 is 4.74 Å². The number of hydrogen-bond donors (Lipinski definition) is 0. The van der Waals surface area contributed by atoms with E-state index in [2.05, 4.69) is 9.72 Å². The number of esters is 1. The van der Waals surface area contributed by atoms with Crippen LogP contribution in [-0.2, 0) is 10.9 Å². The molecule has 0 aliphatic rings. The van der Waals surface area contributed by atoms with Crippen LogP contribution in [0.5, 0.6) is 0 Å². The fourth-order valence-corrected chi connectivity index (χ4v) is 2.48. The summed E-state index contributed by atoms with van der Waals surface area (Å²) in [6.07, 6.45) is -3.25. The number of rotatable bonds is 3. The van der Waals surface area contributed by atoms with Gasteiger partial charge in [-0.05, 0) is 18.4 Å². The summed E-state index contributed by atoms with van der Waals surface area (Å²) >= 11 is 0.862. The summed E-state index contributed by atoms with van der Waals surface area (Å²) in [6.45, 7) is 0. The summed E-state index contributed by atoms with van der Waals surface area (Å²) < 4.78 is 43.9. The van der Waals surface area contributed by atoms with E-state index in [-0.39, 0.29) is 16.4 Å². The third-order valence-electron chi connectivity index (χ3n) is 2.91. The summed E-state index contributed by atoms with van der Waals surface area (Å²) in [5, 5.41) is -0.179. The van der Waals surface area contributed by atoms with E-state index < -0.39 is 23.4 Å². The number of alkyl halides is 3. The minimum Gasteiger partial charge on any atom is -0.465 e. The molecule has 0 radical (unpaired) electrons. The number of aromatic nitrogens is 2. The van der Waals surface area contributed by atoms with E-state index in [1.165, 1.54) is 25.5 Å². The van der Waals surface area contributed by atoms with Crippen LogP contribution in [0, 0.1) is 0 Å². The third kappa shape index (κ3) is 3.39. The van der Waals surface area contributed by atoms with Crippen molar-refractivity contribution in [3.63, 3.8) is 0 Å². The van der Waals surface area contributed by atoms with Crippen LogP contribution >= 0.6 is 11.8 Å². The number of ether oxygens (including phenoxy) is 1. The van der Waals surface area contributed by atoms with Gasteiger partial charge in [-0.3, -0.25) is 9.36 Å². The molecule has 2 rings (SSSR count). The number of thioether (sulfide) groups is 1. The zero-order valence-electron chi connectivity index (χ0n) is 12.0. The Kier molecular flexibility index (Phi) is 4.79. The Morgan fingerprint density at radius 1 is 1.30 bits per heavy atom. The van der Waals surface area contributed by atoms with Crippen LogP contribution < -0.4 is 5.56 Å². The second-order valence-corrected chi connectivity index (χ2v) is 5.08. The molecule has 0 saturated heterocycles. The van der Waals surface area contributed by atoms with Gasteiger partial charge in [-0.15, -0.1) is 0 Å². The summed E-state index contributed by atoms with van der Waals surface area (Å²) in [7, 11) is 1.17. The van der Waals surface area contributed by atoms with Crippen LogP contribution in [0.2, 0.25) is 0 Å². The summed E-state index contributed by atoms with van der Waals surface area (Å²) in [5.41, 5.74) is -2.06. The molecule has 0 spiro atoms. The van der Waals surface area contributed by atoms with Gasteiger partial charge in [-0.2, -0.15) is 13.2 Å². The van der Waals surface area contributed by atoms with Crippen LogP contribution in [0.1, 0.15) is 16.1 Å². The molecule has 9 heteroatoms. The molecule has 23 heavy (non-hydrogen) atoms. The monoisotopic (exact) mass is 344 g/mol. The van der Waals surface area contributed by atoms with E-state index in [9.17, 15) is 22.8 Å². The second kappa shape index (κ2) is 6.45. The van der Waals surface area contributed by atoms with Crippen LogP contribution in [0.3, 0.4) is 0 Å². The van der Waals surface area contributed by atoms with E-state index in [4.69, 9.17) is 0 Å². The number of hydrogen-bond acceptors (Lipinski definition) is 5. The molecule has 0 atom stereocenters. The Labute approximate surface area is 133 Å². The molecule has 0 saturated carbocycles. The molecule has 0 unspecified atom stereocenters. The molecule has 0 N–H and O–H groups in total. The molecule has 5 nitrogen and oxygen atoms in total. The first kappa shape index (κ1) is 17.1. The molecule has 1 aromatic heterocycles. The predicted octanol–water partition coefficient (Wildman–Crippen LogP) is 2.76. The summed E-state index contributed by atoms with van der Waals surface area (Å²) in [4.78, 5) is 27.5. The minimum absolute atomic E-state index is 0.0500. The van der Waals surface area contributed by atoms with Crippen molar-refractivity contribution in [2.45, 2.75) is 11.3 Å². The summed E-state index contributed by atoms with van der Waals surface area (Å²) in [5.74, 6) is -0.709. The van der Waals surface area contributed by atoms with Gasteiger partial charge in [0.2, 0.25) is 0 Å². The van der Waals surface area contributed by atoms with Crippen LogP contribution in [0.25, 0.3) is 5.69 Å². The fourth-order valence-electron chi connectivity index (χ4n) is 1.92. The number of carbonyl (C=O) groups excluding carboxylic acids is 1. The lowest BCUT2D eigenvalue weighted by atomic mass is 10.1. The quantitative estimate of drug-likeness (QED) is 0.487. The van der Waals surface area contributed by atoms with Crippen molar-refractivity contribution in [3.05, 3.63) is 51.9 Å². The van der Waals surface area contributed by atoms with Gasteiger partial charge in [-0.25, -0.2) is 9.78 Å². The van der Waals surface area contributed by atoms with Gasteiger partial charge in [0.1, 0.15) is 0 Å². The maximum atomic E-state index is 12.8. The highest BCUT2D eigenvalue weighted by atomic mass is 32.2. The average molecular weight is 344 g/mol. The number of para-hydroxylation sites is 1. The van der Waals surface area contributed by atoms with Gasteiger partial charge in [0.15, 0.2) is 10.9 Å². The number of halogens is 3. The minimum atomic E-state index is -4.73. The maximum Gasteiger partial charge on any atom is 0.433 e. The molecular weight excluding hydrogens is 333 g/mol. The van der Waals surface area contributed by atoms with E-state index in [0.29, 0.717) is 6.07 Å². The first-order valence-electron chi connectivity index (χ1n) is 6.22. The van der Waals surface area contributed by atoms with Crippen molar-refractivity contribution >= 4 is 17.7 Å². The molecule has 0 amide bonds. The fraction of sp³-hybridized carbons (Fsp3) is 0.214. The molecular formula is C14H11F3N2O3S. The first-order valence-corrected chi connectivity index (χ1v) is 7.45. The number of methoxy groups -OCH3 is 1. The first-order chi connectivity index (χ1) is 10.8. The molecule has 0 fully saturated rings. The molecule has 2 aromatic rings. The molecule has 0 bridgehead atoms. The van der Waals surface area contributed by atoms with Crippen LogP contribution in [0.15, 0.2) is 40.3 Å². The Hall–Kier alpha value is -2.29. The Bertz CT molecular complexity index is 803. The van der Waals surface area contributed by atoms with Gasteiger partial charge in [0.05, 0.1) is 18.4 Å². The topological polar surface area (TPSA) is 61.2 Å². The van der Waals surface area contributed by atoms with Gasteiger partial charge in [-0.1, -0.05) is 23.9 Å². The standard InChI is InChI=1S/C14H11F3N2O3S/c1-22-12(21)8-5-3-4-6-9(8)19-11(20)7-10(14(15,16)17)18-13(19)23-2/h3-7H,1-2H3. The lowest BCUT2D eigenvalue weighted by molar-refractivity contribution is -0.141. The van der Waals surface area contributed by atoms with E-state index in [1.807, 2.05) is 0 Å². The Morgan fingerprint density at radius 2 is 1.96 bits per heavy atom. The van der Waals surface area contributed by atoms with E-state index in [0.717, 1.165) is 16.3 Å². The van der Waals surface area contributed by atoms with Crippen LogP contribution in [0.4, 0.5) is 13.2 Å². The van der Waals surface area contributed by atoms with Crippen LogP contribution in [-0.4, -0.2) is 28.9 Å². The van der Waals surface area contributed by atoms with Gasteiger partial charge >= 0.3 is 12.1 Å². The van der Waals surface area contributed by atoms with Gasteiger partial charge in [0.25, 0.3) is 5.56 Å². The lowest BCUT2D eigenvalue weighted by Crippen LogP contribution is -2.26. The van der Waals surface area contributed by atoms with Crippen molar-refractivity contribution in [1.29, 1.82) is 0 Å². The van der Waals surface area contributed by atoms with Crippen molar-refractivity contribution in [2.75, 3.05) is 13.4 Å². The average Bonchev–Trinajstić information content (AvgIpc) is 2.52. The van der Waals surface area contributed by atoms with E-state index >= 15 is 0 Å². The SMILES string of the molecule is COC(=O)c1ccccc1-n1c(SC)nc(C(F)(F)F)cc1=O. The second-order valence-electron chi connectivity index (χ2n) is 4.31. The predicted molar refractivity (Wildman–Crippen MR) is 78.0 cm³/mol. The highest BCUT2D eigenvalue weighted by Gasteiger charge is 2.34. The zero-order chi connectivity index (χ0) is 17.2.